The van der Waals surface area contributed by atoms with Crippen molar-refractivity contribution in [3.8, 4) is 0 Å². The Morgan fingerprint density at radius 2 is 1.69 bits per heavy atom. The molecule has 138 valence electrons. The van der Waals surface area contributed by atoms with Gasteiger partial charge < -0.3 is 5.32 Å². The van der Waals surface area contributed by atoms with Gasteiger partial charge in [0, 0.05) is 24.3 Å². The van der Waals surface area contributed by atoms with Crippen molar-refractivity contribution in [1.82, 2.24) is 4.31 Å². The van der Waals surface area contributed by atoms with Crippen molar-refractivity contribution < 1.29 is 17.6 Å². The summed E-state index contributed by atoms with van der Waals surface area (Å²) in [6.45, 7) is 2.83. The molecule has 1 aliphatic heterocycles. The minimum atomic E-state index is -3.52. The predicted octanol–water partition coefficient (Wildman–Crippen LogP) is 3.56. The minimum Gasteiger partial charge on any atom is -0.322 e. The molecule has 0 aromatic heterocycles. The minimum absolute atomic E-state index is 0.179. The summed E-state index contributed by atoms with van der Waals surface area (Å²) in [7, 11) is -3.52. The number of piperidine rings is 1. The van der Waals surface area contributed by atoms with Crippen LogP contribution in [0.15, 0.2) is 47.4 Å². The van der Waals surface area contributed by atoms with E-state index in [1.165, 1.54) is 40.7 Å². The molecule has 2 aromatic carbocycles. The summed E-state index contributed by atoms with van der Waals surface area (Å²) in [5, 5.41) is 2.65. The fraction of sp³-hybridized carbons (Fsp3) is 0.316. The number of halogens is 1. The lowest BCUT2D eigenvalue weighted by molar-refractivity contribution is 0.102. The van der Waals surface area contributed by atoms with Gasteiger partial charge in [-0.25, -0.2) is 12.8 Å². The van der Waals surface area contributed by atoms with Crippen molar-refractivity contribution in [1.29, 1.82) is 0 Å². The number of sulfonamides is 1. The fourth-order valence-electron chi connectivity index (χ4n) is 2.96. The molecule has 1 heterocycles. The molecule has 1 amide bonds. The molecule has 0 saturated carbocycles. The Labute approximate surface area is 152 Å². The van der Waals surface area contributed by atoms with E-state index in [4.69, 9.17) is 0 Å². The van der Waals surface area contributed by atoms with Gasteiger partial charge >= 0.3 is 0 Å². The summed E-state index contributed by atoms with van der Waals surface area (Å²) in [5.74, 6) is -0.852. The monoisotopic (exact) mass is 376 g/mol. The van der Waals surface area contributed by atoms with E-state index in [0.29, 0.717) is 24.3 Å². The van der Waals surface area contributed by atoms with Gasteiger partial charge in [-0.3, -0.25) is 4.79 Å². The summed E-state index contributed by atoms with van der Waals surface area (Å²) in [6, 6.07) is 9.99. The number of rotatable bonds is 4. The van der Waals surface area contributed by atoms with Gasteiger partial charge in [0.05, 0.1) is 4.90 Å². The van der Waals surface area contributed by atoms with Crippen LogP contribution in [0, 0.1) is 12.7 Å². The molecule has 0 aliphatic carbocycles. The fourth-order valence-corrected chi connectivity index (χ4v) is 4.47. The topological polar surface area (TPSA) is 66.5 Å². The molecule has 0 atom stereocenters. The predicted molar refractivity (Wildman–Crippen MR) is 98.1 cm³/mol. The first-order valence-electron chi connectivity index (χ1n) is 8.55. The highest BCUT2D eigenvalue weighted by Gasteiger charge is 2.25. The molecule has 1 saturated heterocycles. The second kappa shape index (κ2) is 7.55. The van der Waals surface area contributed by atoms with Gasteiger partial charge in [-0.1, -0.05) is 12.5 Å². The van der Waals surface area contributed by atoms with Gasteiger partial charge in [0.2, 0.25) is 10.0 Å². The highest BCUT2D eigenvalue weighted by molar-refractivity contribution is 7.89. The van der Waals surface area contributed by atoms with E-state index >= 15 is 0 Å². The van der Waals surface area contributed by atoms with E-state index in [2.05, 4.69) is 5.32 Å². The first-order valence-corrected chi connectivity index (χ1v) is 10.00. The van der Waals surface area contributed by atoms with Crippen molar-refractivity contribution in [2.75, 3.05) is 18.4 Å². The summed E-state index contributed by atoms with van der Waals surface area (Å²) in [6.07, 6.45) is 2.78. The van der Waals surface area contributed by atoms with Gasteiger partial charge in [-0.05, 0) is 61.7 Å². The maximum absolute atomic E-state index is 13.3. The van der Waals surface area contributed by atoms with Crippen molar-refractivity contribution >= 4 is 21.6 Å². The standard InChI is InChI=1S/C19H21FN2O3S/c1-14-5-8-16(20)13-18(14)21-19(23)15-6-9-17(10-7-15)26(24,25)22-11-3-2-4-12-22/h5-10,13H,2-4,11-12H2,1H3,(H,21,23). The zero-order chi connectivity index (χ0) is 18.7. The molecule has 0 bridgehead atoms. The number of nitrogens with one attached hydrogen (secondary N) is 1. The van der Waals surface area contributed by atoms with Crippen LogP contribution in [0.2, 0.25) is 0 Å². The third kappa shape index (κ3) is 3.94. The Balaban J connectivity index is 1.76. The molecule has 0 unspecified atom stereocenters. The Hall–Kier alpha value is -2.25. The van der Waals surface area contributed by atoms with Gasteiger partial charge in [-0.2, -0.15) is 4.31 Å². The maximum Gasteiger partial charge on any atom is 0.255 e. The van der Waals surface area contributed by atoms with Crippen molar-refractivity contribution in [2.24, 2.45) is 0 Å². The van der Waals surface area contributed by atoms with Crippen LogP contribution < -0.4 is 5.32 Å². The second-order valence-electron chi connectivity index (χ2n) is 6.40. The largest absolute Gasteiger partial charge is 0.322 e. The van der Waals surface area contributed by atoms with Gasteiger partial charge in [0.15, 0.2) is 0 Å². The lowest BCUT2D eigenvalue weighted by Crippen LogP contribution is -2.35. The van der Waals surface area contributed by atoms with Gasteiger partial charge in [0.25, 0.3) is 5.91 Å². The van der Waals surface area contributed by atoms with Crippen molar-refractivity contribution in [3.63, 3.8) is 0 Å². The van der Waals surface area contributed by atoms with Crippen LogP contribution >= 0.6 is 0 Å². The number of hydrogen-bond donors (Lipinski definition) is 1. The molecule has 1 N–H and O–H groups in total. The zero-order valence-corrected chi connectivity index (χ0v) is 15.4. The lowest BCUT2D eigenvalue weighted by atomic mass is 10.1. The quantitative estimate of drug-likeness (QED) is 0.887. The van der Waals surface area contributed by atoms with E-state index in [1.54, 1.807) is 13.0 Å². The summed E-state index contributed by atoms with van der Waals surface area (Å²) < 4.78 is 40.1. The molecular weight excluding hydrogens is 355 g/mol. The molecule has 26 heavy (non-hydrogen) atoms. The van der Waals surface area contributed by atoms with E-state index < -0.39 is 21.7 Å². The molecule has 5 nitrogen and oxygen atoms in total. The van der Waals surface area contributed by atoms with Crippen molar-refractivity contribution in [2.45, 2.75) is 31.1 Å². The van der Waals surface area contributed by atoms with E-state index in [-0.39, 0.29) is 4.90 Å². The summed E-state index contributed by atoms with van der Waals surface area (Å²) >= 11 is 0. The number of carbonyl (C=O) groups excluding carboxylic acids is 1. The Kier molecular flexibility index (Phi) is 5.38. The highest BCUT2D eigenvalue weighted by Crippen LogP contribution is 2.22. The number of hydrogen-bond acceptors (Lipinski definition) is 3. The molecule has 1 fully saturated rings. The molecule has 0 spiro atoms. The number of amides is 1. The SMILES string of the molecule is Cc1ccc(F)cc1NC(=O)c1ccc(S(=O)(=O)N2CCCCC2)cc1. The smallest absolute Gasteiger partial charge is 0.255 e. The molecule has 3 rings (SSSR count). The first kappa shape index (κ1) is 18.5. The third-order valence-corrected chi connectivity index (χ3v) is 6.43. The number of anilines is 1. The molecule has 7 heteroatoms. The van der Waals surface area contributed by atoms with Gasteiger partial charge in [0.1, 0.15) is 5.82 Å². The first-order chi connectivity index (χ1) is 12.4. The van der Waals surface area contributed by atoms with Gasteiger partial charge in [-0.15, -0.1) is 0 Å². The van der Waals surface area contributed by atoms with Crippen molar-refractivity contribution in [3.05, 3.63) is 59.4 Å². The number of carbonyl (C=O) groups is 1. The van der Waals surface area contributed by atoms with E-state index in [9.17, 15) is 17.6 Å². The summed E-state index contributed by atoms with van der Waals surface area (Å²) in [5.41, 5.74) is 1.44. The third-order valence-electron chi connectivity index (χ3n) is 4.52. The van der Waals surface area contributed by atoms with Crippen LogP contribution in [-0.4, -0.2) is 31.7 Å². The zero-order valence-electron chi connectivity index (χ0n) is 14.5. The number of nitrogens with zero attached hydrogens (tertiary/aromatic N) is 1. The van der Waals surface area contributed by atoms with Crippen LogP contribution in [0.4, 0.5) is 10.1 Å². The van der Waals surface area contributed by atoms with Crippen LogP contribution in [0.3, 0.4) is 0 Å². The molecule has 1 aliphatic rings. The van der Waals surface area contributed by atoms with Crippen LogP contribution in [-0.2, 0) is 10.0 Å². The van der Waals surface area contributed by atoms with Crippen LogP contribution in [0.1, 0.15) is 35.2 Å². The number of aryl methyl sites for hydroxylation is 1. The Morgan fingerprint density at radius 3 is 2.35 bits per heavy atom. The Morgan fingerprint density at radius 1 is 1.04 bits per heavy atom. The molecule has 0 radical (unpaired) electrons. The lowest BCUT2D eigenvalue weighted by Gasteiger charge is -2.25. The maximum atomic E-state index is 13.3. The molecule has 2 aromatic rings. The summed E-state index contributed by atoms with van der Waals surface area (Å²) in [4.78, 5) is 12.5. The second-order valence-corrected chi connectivity index (χ2v) is 8.34. The van der Waals surface area contributed by atoms with E-state index in [0.717, 1.165) is 24.8 Å². The van der Waals surface area contributed by atoms with E-state index in [1.807, 2.05) is 0 Å². The highest BCUT2D eigenvalue weighted by atomic mass is 32.2. The average molecular weight is 376 g/mol. The average Bonchev–Trinajstić information content (AvgIpc) is 2.65. The number of benzene rings is 2. The molecular formula is C19H21FN2O3S. The normalized spacial score (nSPS) is 15.6. The van der Waals surface area contributed by atoms with Crippen LogP contribution in [0.5, 0.6) is 0 Å². The Bertz CT molecular complexity index is 905. The van der Waals surface area contributed by atoms with Crippen LogP contribution in [0.25, 0.3) is 0 Å².